The summed E-state index contributed by atoms with van der Waals surface area (Å²) < 4.78 is 20.2. The van der Waals surface area contributed by atoms with Gasteiger partial charge in [-0.1, -0.05) is 23.9 Å². The predicted molar refractivity (Wildman–Crippen MR) is 107 cm³/mol. The number of aryl methyl sites for hydroxylation is 2. The maximum absolute atomic E-state index is 13.2. The molecule has 0 aliphatic rings. The minimum Gasteiger partial charge on any atom is -0.467 e. The molecule has 0 saturated carbocycles. The zero-order valence-corrected chi connectivity index (χ0v) is 16.5. The van der Waals surface area contributed by atoms with Crippen molar-refractivity contribution in [2.45, 2.75) is 31.3 Å². The van der Waals surface area contributed by atoms with Gasteiger partial charge in [0.25, 0.3) is 5.56 Å². The standard InChI is InChI=1S/C20H17FN2O2S2/c1-12-13(2)27-18-17(12)19(24)23(10-16-4-3-9-25-16)20(22-18)26-11-14-5-7-15(21)8-6-14/h3-9H,10-11H2,1-2H3. The third kappa shape index (κ3) is 3.57. The molecule has 3 aromatic heterocycles. The molecule has 3 heterocycles. The van der Waals surface area contributed by atoms with Crippen molar-refractivity contribution in [1.82, 2.24) is 9.55 Å². The van der Waals surface area contributed by atoms with Gasteiger partial charge in [-0.25, -0.2) is 9.37 Å². The highest BCUT2D eigenvalue weighted by atomic mass is 32.2. The molecule has 0 aliphatic carbocycles. The van der Waals surface area contributed by atoms with Gasteiger partial charge in [0.05, 0.1) is 18.2 Å². The van der Waals surface area contributed by atoms with Crippen LogP contribution in [0.5, 0.6) is 0 Å². The molecule has 0 amide bonds. The molecule has 27 heavy (non-hydrogen) atoms. The highest BCUT2D eigenvalue weighted by Gasteiger charge is 2.17. The summed E-state index contributed by atoms with van der Waals surface area (Å²) in [6.45, 7) is 4.29. The quantitative estimate of drug-likeness (QED) is 0.343. The summed E-state index contributed by atoms with van der Waals surface area (Å²) in [5.74, 6) is 1.04. The van der Waals surface area contributed by atoms with E-state index >= 15 is 0 Å². The van der Waals surface area contributed by atoms with E-state index in [1.54, 1.807) is 29.0 Å². The Kier molecular flexibility index (Phi) is 4.88. The lowest BCUT2D eigenvalue weighted by atomic mass is 10.2. The summed E-state index contributed by atoms with van der Waals surface area (Å²) in [4.78, 5) is 19.8. The van der Waals surface area contributed by atoms with Crippen molar-refractivity contribution < 1.29 is 8.81 Å². The molecule has 1 aromatic carbocycles. The van der Waals surface area contributed by atoms with Crippen molar-refractivity contribution in [3.8, 4) is 0 Å². The number of benzene rings is 1. The summed E-state index contributed by atoms with van der Waals surface area (Å²) in [7, 11) is 0. The van der Waals surface area contributed by atoms with Crippen LogP contribution in [0.2, 0.25) is 0 Å². The molecule has 0 fully saturated rings. The van der Waals surface area contributed by atoms with Crippen molar-refractivity contribution in [1.29, 1.82) is 0 Å². The van der Waals surface area contributed by atoms with E-state index in [-0.39, 0.29) is 11.4 Å². The van der Waals surface area contributed by atoms with Gasteiger partial charge in [0, 0.05) is 10.6 Å². The van der Waals surface area contributed by atoms with Gasteiger partial charge >= 0.3 is 0 Å². The molecular formula is C20H17FN2O2S2. The second-order valence-corrected chi connectivity index (χ2v) is 8.39. The van der Waals surface area contributed by atoms with Crippen molar-refractivity contribution in [2.24, 2.45) is 0 Å². The lowest BCUT2D eigenvalue weighted by molar-refractivity contribution is 0.476. The first kappa shape index (κ1) is 18.0. The molecule has 7 heteroatoms. The van der Waals surface area contributed by atoms with Crippen LogP contribution in [0.25, 0.3) is 10.2 Å². The smallest absolute Gasteiger partial charge is 0.263 e. The van der Waals surface area contributed by atoms with Crippen LogP contribution in [0.1, 0.15) is 21.8 Å². The Morgan fingerprint density at radius 2 is 2.00 bits per heavy atom. The summed E-state index contributed by atoms with van der Waals surface area (Å²) >= 11 is 3.00. The molecule has 0 N–H and O–H groups in total. The molecule has 4 rings (SSSR count). The number of aromatic nitrogens is 2. The van der Waals surface area contributed by atoms with Crippen molar-refractivity contribution >= 4 is 33.3 Å². The lowest BCUT2D eigenvalue weighted by Gasteiger charge is -2.11. The maximum Gasteiger partial charge on any atom is 0.263 e. The van der Waals surface area contributed by atoms with E-state index in [0.717, 1.165) is 20.8 Å². The molecular weight excluding hydrogens is 383 g/mol. The fourth-order valence-corrected chi connectivity index (χ4v) is 4.87. The predicted octanol–water partition coefficient (Wildman–Crippen LogP) is 5.15. The molecule has 0 unspecified atom stereocenters. The number of furan rings is 1. The van der Waals surface area contributed by atoms with E-state index < -0.39 is 0 Å². The number of nitrogens with zero attached hydrogens (tertiary/aromatic N) is 2. The lowest BCUT2D eigenvalue weighted by Crippen LogP contribution is -2.23. The van der Waals surface area contributed by atoms with E-state index in [0.29, 0.717) is 28.6 Å². The van der Waals surface area contributed by atoms with E-state index in [1.165, 1.54) is 35.2 Å². The average molecular weight is 401 g/mol. The Hall–Kier alpha value is -2.38. The molecule has 0 spiro atoms. The Morgan fingerprint density at radius 1 is 1.22 bits per heavy atom. The van der Waals surface area contributed by atoms with Crippen LogP contribution in [0.15, 0.2) is 57.0 Å². The number of fused-ring (bicyclic) bond motifs is 1. The van der Waals surface area contributed by atoms with Crippen LogP contribution in [-0.2, 0) is 12.3 Å². The molecule has 138 valence electrons. The van der Waals surface area contributed by atoms with Gasteiger partial charge in [-0.3, -0.25) is 9.36 Å². The normalized spacial score (nSPS) is 11.4. The van der Waals surface area contributed by atoms with Crippen LogP contribution in [0, 0.1) is 19.7 Å². The van der Waals surface area contributed by atoms with Gasteiger partial charge in [0.15, 0.2) is 5.16 Å². The SMILES string of the molecule is Cc1sc2nc(SCc3ccc(F)cc3)n(Cc3ccco3)c(=O)c2c1C. The zero-order chi connectivity index (χ0) is 19.0. The second kappa shape index (κ2) is 7.32. The van der Waals surface area contributed by atoms with Crippen LogP contribution in [-0.4, -0.2) is 9.55 Å². The Bertz CT molecular complexity index is 1150. The summed E-state index contributed by atoms with van der Waals surface area (Å²) in [5, 5.41) is 1.31. The van der Waals surface area contributed by atoms with Crippen molar-refractivity contribution in [3.63, 3.8) is 0 Å². The third-order valence-corrected chi connectivity index (χ3v) is 6.58. The van der Waals surface area contributed by atoms with Crippen LogP contribution in [0.3, 0.4) is 0 Å². The highest BCUT2D eigenvalue weighted by Crippen LogP contribution is 2.29. The van der Waals surface area contributed by atoms with Crippen LogP contribution < -0.4 is 5.56 Å². The van der Waals surface area contributed by atoms with E-state index in [9.17, 15) is 9.18 Å². The minimum absolute atomic E-state index is 0.0557. The van der Waals surface area contributed by atoms with Gasteiger partial charge < -0.3 is 4.42 Å². The van der Waals surface area contributed by atoms with E-state index in [2.05, 4.69) is 0 Å². The highest BCUT2D eigenvalue weighted by molar-refractivity contribution is 7.98. The van der Waals surface area contributed by atoms with Crippen molar-refractivity contribution in [3.05, 3.63) is 80.6 Å². The first-order valence-corrected chi connectivity index (χ1v) is 10.2. The Balaban J connectivity index is 1.76. The molecule has 4 nitrogen and oxygen atoms in total. The minimum atomic E-state index is -0.262. The first-order chi connectivity index (χ1) is 13.0. The van der Waals surface area contributed by atoms with E-state index in [1.807, 2.05) is 19.9 Å². The van der Waals surface area contributed by atoms with Gasteiger partial charge in [0.2, 0.25) is 0 Å². The fourth-order valence-electron chi connectivity index (χ4n) is 2.85. The number of rotatable bonds is 5. The topological polar surface area (TPSA) is 48.0 Å². The Morgan fingerprint density at radius 3 is 2.70 bits per heavy atom. The number of hydrogen-bond donors (Lipinski definition) is 0. The summed E-state index contributed by atoms with van der Waals surface area (Å²) in [6, 6.07) is 10.0. The summed E-state index contributed by atoms with van der Waals surface area (Å²) in [5.41, 5.74) is 1.90. The number of thiophene rings is 1. The molecule has 0 saturated heterocycles. The van der Waals surface area contributed by atoms with Crippen LogP contribution >= 0.6 is 23.1 Å². The first-order valence-electron chi connectivity index (χ1n) is 8.43. The number of hydrogen-bond acceptors (Lipinski definition) is 5. The second-order valence-electron chi connectivity index (χ2n) is 6.24. The fraction of sp³-hybridized carbons (Fsp3) is 0.200. The average Bonchev–Trinajstić information content (AvgIpc) is 3.26. The molecule has 4 aromatic rings. The molecule has 0 aliphatic heterocycles. The van der Waals surface area contributed by atoms with Crippen LogP contribution in [0.4, 0.5) is 4.39 Å². The van der Waals surface area contributed by atoms with E-state index in [4.69, 9.17) is 9.40 Å². The summed E-state index contributed by atoms with van der Waals surface area (Å²) in [6.07, 6.45) is 1.59. The maximum atomic E-state index is 13.2. The van der Waals surface area contributed by atoms with Crippen molar-refractivity contribution in [2.75, 3.05) is 0 Å². The van der Waals surface area contributed by atoms with Gasteiger partial charge in [-0.2, -0.15) is 0 Å². The molecule has 0 atom stereocenters. The molecule has 0 radical (unpaired) electrons. The number of thioether (sulfide) groups is 1. The number of halogens is 1. The monoisotopic (exact) mass is 400 g/mol. The van der Waals surface area contributed by atoms with Gasteiger partial charge in [-0.05, 0) is 49.2 Å². The zero-order valence-electron chi connectivity index (χ0n) is 14.9. The van der Waals surface area contributed by atoms with Gasteiger partial charge in [0.1, 0.15) is 16.4 Å². The largest absolute Gasteiger partial charge is 0.467 e. The van der Waals surface area contributed by atoms with Gasteiger partial charge in [-0.15, -0.1) is 11.3 Å². The third-order valence-electron chi connectivity index (χ3n) is 4.43. The molecule has 0 bridgehead atoms. The Labute approximate surface area is 163 Å².